The van der Waals surface area contributed by atoms with Gasteiger partial charge >= 0.3 is 6.09 Å². The predicted molar refractivity (Wildman–Crippen MR) is 346 cm³/mol. The molecular formula is C59H76Cl3N13O8P2. The number of piperidine rings is 2. The van der Waals surface area contributed by atoms with Gasteiger partial charge in [-0.2, -0.15) is 9.97 Å². The number of carbonyl (C=O) groups is 1. The standard InChI is InChI=1S/C27H32ClN6O3P.C19H28N4O4.C12H12Cl2N3OP.CH4/c1-18-15-27(16-18)10-12-33(13-11-27)22-9-8-19(14-23(22)34(35)36)30-26-29-17-20(28)25(32-26)31-21-6-4-5-7-24(21)38(2,3)37;1-18(2,3)27-17(24)21-14-11-19(12-14)6-8-22(9-7-19)15-5-4-13(20)10-16(15)23(25)26;1-19(2,18)10-6-4-3-5-9(10)16-11-8(13)7-15-12(14)17-11;/h4-9,14,17-18H,10-13,15-16H2,1-3H3,(H2,29,30,31,32);4-5,10,14H,6-9,11-12,20H2,1-3H3,(H,21,24);3-7H,1-2H3,(H,15,16,17);1H4. The molecule has 0 bridgehead atoms. The Morgan fingerprint density at radius 2 is 1.14 bits per heavy atom. The van der Waals surface area contributed by atoms with Crippen LogP contribution in [0.1, 0.15) is 86.5 Å². The van der Waals surface area contributed by atoms with Crippen molar-refractivity contribution in [1.82, 2.24) is 25.3 Å². The van der Waals surface area contributed by atoms with E-state index in [-0.39, 0.29) is 62.5 Å². The Bertz CT molecular complexity index is 3500. The summed E-state index contributed by atoms with van der Waals surface area (Å²) in [6.07, 6.45) is 11.0. The van der Waals surface area contributed by atoms with E-state index in [0.717, 1.165) is 75.9 Å². The third kappa shape index (κ3) is 17.0. The number of nitrogen functional groups attached to an aromatic ring is 1. The number of anilines is 9. The SMILES string of the molecule is C.CC(C)(C)OC(=O)NC1CC2(CCN(c3ccc(N)cc3[N+](=O)[O-])CC2)C1.CC1CC2(CCN(c3ccc(Nc4ncc(Cl)c(Nc5ccccc5P(C)(C)=O)n4)cc3[N+](=O)[O-])CC2)C1.CP(C)(=O)c1ccccc1Nc1nc(Cl)ncc1Cl. The summed E-state index contributed by atoms with van der Waals surface area (Å²) in [6, 6.07) is 24.8. The first-order valence-electron chi connectivity index (χ1n) is 27.6. The molecule has 1 amide bonds. The molecule has 0 unspecified atom stereocenters. The van der Waals surface area contributed by atoms with Crippen LogP contribution in [0.3, 0.4) is 0 Å². The van der Waals surface area contributed by atoms with Crippen molar-refractivity contribution >= 4 is 129 Å². The highest BCUT2D eigenvalue weighted by Crippen LogP contribution is 2.54. The van der Waals surface area contributed by atoms with E-state index >= 15 is 0 Å². The molecule has 21 nitrogen and oxygen atoms in total. The van der Waals surface area contributed by atoms with E-state index in [0.29, 0.717) is 61.5 Å². The van der Waals surface area contributed by atoms with Gasteiger partial charge in [-0.25, -0.2) is 14.8 Å². The summed E-state index contributed by atoms with van der Waals surface area (Å²) >= 11 is 18.1. The summed E-state index contributed by atoms with van der Waals surface area (Å²) in [5.41, 5.74) is 9.49. The molecule has 4 heterocycles. The zero-order chi connectivity index (χ0) is 60.9. The lowest BCUT2D eigenvalue weighted by Gasteiger charge is -2.52. The number of alkyl carbamates (subject to hydrolysis) is 1. The maximum atomic E-state index is 12.7. The molecule has 0 radical (unpaired) electrons. The largest absolute Gasteiger partial charge is 0.444 e. The molecule has 2 aliphatic carbocycles. The second-order valence-electron chi connectivity index (χ2n) is 24.0. The van der Waals surface area contributed by atoms with Gasteiger partial charge in [0.1, 0.15) is 41.3 Å². The van der Waals surface area contributed by atoms with Crippen molar-refractivity contribution in [3.8, 4) is 0 Å². The van der Waals surface area contributed by atoms with E-state index in [2.05, 4.69) is 57.9 Å². The van der Waals surface area contributed by atoms with Crippen LogP contribution in [-0.2, 0) is 13.9 Å². The first-order valence-corrected chi connectivity index (χ1v) is 33.9. The average molecular weight is 1260 g/mol. The molecule has 2 saturated heterocycles. The number of nitro benzene ring substituents is 2. The van der Waals surface area contributed by atoms with Crippen molar-refractivity contribution in [2.24, 2.45) is 16.7 Å². The molecule has 4 aromatic carbocycles. The summed E-state index contributed by atoms with van der Waals surface area (Å²) in [6.45, 7) is 17.9. The van der Waals surface area contributed by atoms with Crippen molar-refractivity contribution in [2.45, 2.75) is 98.1 Å². The average Bonchev–Trinajstić information content (AvgIpc) is 2.83. The van der Waals surface area contributed by atoms with Gasteiger partial charge in [-0.3, -0.25) is 20.2 Å². The molecule has 26 heteroatoms. The lowest BCUT2D eigenvalue weighted by molar-refractivity contribution is -0.384. The number of aromatic nitrogens is 4. The number of nitrogens with two attached hydrogens (primary N) is 1. The highest BCUT2D eigenvalue weighted by Gasteiger charge is 2.47. The number of ether oxygens (including phenoxy) is 1. The smallest absolute Gasteiger partial charge is 0.407 e. The second kappa shape index (κ2) is 26.9. The van der Waals surface area contributed by atoms with Crippen LogP contribution in [0.25, 0.3) is 0 Å². The number of hydrogen-bond donors (Lipinski definition) is 5. The number of rotatable bonds is 13. The monoisotopic (exact) mass is 1260 g/mol. The molecule has 0 atom stereocenters. The molecule has 2 aliphatic heterocycles. The summed E-state index contributed by atoms with van der Waals surface area (Å²) < 4.78 is 30.3. The first-order chi connectivity index (χ1) is 39.5. The van der Waals surface area contributed by atoms with Crippen molar-refractivity contribution in [3.63, 3.8) is 0 Å². The lowest BCUT2D eigenvalue weighted by atomic mass is 9.58. The highest BCUT2D eigenvalue weighted by atomic mass is 35.5. The van der Waals surface area contributed by atoms with Crippen LogP contribution in [0.15, 0.2) is 97.3 Å². The number of nitro groups is 2. The van der Waals surface area contributed by atoms with Gasteiger partial charge in [0.25, 0.3) is 11.4 Å². The number of nitrogens with zero attached hydrogens (tertiary/aromatic N) is 8. The Balaban J connectivity index is 0.000000193. The fourth-order valence-electron chi connectivity index (χ4n) is 11.6. The van der Waals surface area contributed by atoms with Gasteiger partial charge in [0, 0.05) is 66.3 Å². The number of amides is 1. The zero-order valence-electron chi connectivity index (χ0n) is 48.3. The molecule has 10 rings (SSSR count). The second-order valence-corrected chi connectivity index (χ2v) is 31.6. The van der Waals surface area contributed by atoms with Gasteiger partial charge in [0.15, 0.2) is 11.6 Å². The molecule has 6 aromatic rings. The Kier molecular flexibility index (Phi) is 20.8. The number of carbonyl (C=O) groups excluding carboxylic acids is 1. The van der Waals surface area contributed by atoms with Crippen molar-refractivity contribution in [3.05, 3.63) is 133 Å². The van der Waals surface area contributed by atoms with Crippen LogP contribution in [0, 0.1) is 37.0 Å². The number of benzene rings is 4. The van der Waals surface area contributed by atoms with E-state index < -0.39 is 19.9 Å². The predicted octanol–water partition coefficient (Wildman–Crippen LogP) is 14.7. The molecular weight excluding hydrogens is 1190 g/mol. The number of para-hydroxylation sites is 2. The maximum Gasteiger partial charge on any atom is 0.407 e. The summed E-state index contributed by atoms with van der Waals surface area (Å²) in [5, 5.41) is 37.7. The molecule has 2 saturated carbocycles. The lowest BCUT2D eigenvalue weighted by Crippen LogP contribution is -2.55. The summed E-state index contributed by atoms with van der Waals surface area (Å²) in [7, 11) is -4.95. The van der Waals surface area contributed by atoms with E-state index in [4.69, 9.17) is 45.3 Å². The van der Waals surface area contributed by atoms with E-state index in [1.54, 1.807) is 44.9 Å². The van der Waals surface area contributed by atoms with Crippen LogP contribution in [0.2, 0.25) is 15.3 Å². The third-order valence-electron chi connectivity index (χ3n) is 15.5. The van der Waals surface area contributed by atoms with Crippen molar-refractivity contribution in [2.75, 3.05) is 84.3 Å². The quantitative estimate of drug-likeness (QED) is 0.0236. The van der Waals surface area contributed by atoms with E-state index in [1.165, 1.54) is 37.4 Å². The van der Waals surface area contributed by atoms with Gasteiger partial charge in [-0.1, -0.05) is 61.8 Å². The van der Waals surface area contributed by atoms with Crippen LogP contribution in [0.5, 0.6) is 0 Å². The van der Waals surface area contributed by atoms with Crippen LogP contribution in [0.4, 0.5) is 67.9 Å². The highest BCUT2D eigenvalue weighted by molar-refractivity contribution is 7.70. The number of nitrogens with one attached hydrogen (secondary N) is 4. The Morgan fingerprint density at radius 1 is 0.682 bits per heavy atom. The Morgan fingerprint density at radius 3 is 1.62 bits per heavy atom. The van der Waals surface area contributed by atoms with Gasteiger partial charge in [0.05, 0.1) is 33.6 Å². The van der Waals surface area contributed by atoms with Gasteiger partial charge < -0.3 is 50.7 Å². The maximum absolute atomic E-state index is 12.7. The van der Waals surface area contributed by atoms with Crippen molar-refractivity contribution in [1.29, 1.82) is 0 Å². The zero-order valence-corrected chi connectivity index (χ0v) is 52.4. The van der Waals surface area contributed by atoms with E-state index in [1.807, 2.05) is 75.4 Å². The minimum absolute atomic E-state index is 0. The first kappa shape index (κ1) is 65.8. The molecule has 456 valence electrons. The molecule has 2 spiro atoms. The summed E-state index contributed by atoms with van der Waals surface area (Å²) in [4.78, 5) is 55.2. The molecule has 4 fully saturated rings. The van der Waals surface area contributed by atoms with Crippen LogP contribution in [-0.4, -0.2) is 100 Å². The molecule has 85 heavy (non-hydrogen) atoms. The van der Waals surface area contributed by atoms with Crippen LogP contribution >= 0.6 is 49.1 Å². The van der Waals surface area contributed by atoms with Gasteiger partial charge in [-0.05, 0) is 176 Å². The van der Waals surface area contributed by atoms with Gasteiger partial charge in [-0.15, -0.1) is 0 Å². The Hall–Kier alpha value is -6.76. The molecule has 2 aromatic heterocycles. The number of halogens is 3. The fraction of sp³-hybridized carbons (Fsp3) is 0.441. The minimum Gasteiger partial charge on any atom is -0.444 e. The third-order valence-corrected chi connectivity index (χ3v) is 19.4. The molecule has 4 aliphatic rings. The number of hydrogen-bond acceptors (Lipinski definition) is 18. The topological polar surface area (TPSA) is 279 Å². The van der Waals surface area contributed by atoms with Crippen LogP contribution < -0.4 is 47.4 Å². The molecule has 6 N–H and O–H groups in total. The van der Waals surface area contributed by atoms with Crippen molar-refractivity contribution < 1.29 is 28.5 Å². The minimum atomic E-state index is -2.55. The fourth-order valence-corrected chi connectivity index (χ4v) is 14.4. The summed E-state index contributed by atoms with van der Waals surface area (Å²) in [5.74, 6) is 1.75. The van der Waals surface area contributed by atoms with E-state index in [9.17, 15) is 34.2 Å². The van der Waals surface area contributed by atoms with Gasteiger partial charge in [0.2, 0.25) is 11.2 Å². The Labute approximate surface area is 512 Å². The normalized spacial score (nSPS) is 17.0.